The van der Waals surface area contributed by atoms with Crippen LogP contribution in [0.1, 0.15) is 35.5 Å². The van der Waals surface area contributed by atoms with Crippen molar-refractivity contribution in [1.82, 2.24) is 4.98 Å². The average molecular weight is 307 g/mol. The summed E-state index contributed by atoms with van der Waals surface area (Å²) in [5.74, 6) is -0.346. The summed E-state index contributed by atoms with van der Waals surface area (Å²) >= 11 is 6.40. The normalized spacial score (nSPS) is 11.0. The largest absolute Gasteiger partial charge is 0.444 e. The summed E-state index contributed by atoms with van der Waals surface area (Å²) in [6.07, 6.45) is -0.627. The summed E-state index contributed by atoms with van der Waals surface area (Å²) in [6.45, 7) is 6.99. The van der Waals surface area contributed by atoms with Gasteiger partial charge >= 0.3 is 12.1 Å². The third-order valence-electron chi connectivity index (χ3n) is 1.78. The molecule has 19 heavy (non-hydrogen) atoms. The number of aryl methyl sites for hydroxylation is 1. The molecule has 0 saturated heterocycles. The number of amides is 1. The van der Waals surface area contributed by atoms with Gasteiger partial charge in [-0.1, -0.05) is 11.6 Å². The van der Waals surface area contributed by atoms with E-state index in [4.69, 9.17) is 16.3 Å². The topological polar surface area (TPSA) is 77.5 Å². The number of hydrogen-bond acceptors (Lipinski definition) is 6. The van der Waals surface area contributed by atoms with Gasteiger partial charge in [-0.05, 0) is 27.7 Å². The van der Waals surface area contributed by atoms with Gasteiger partial charge in [-0.25, -0.2) is 14.6 Å². The van der Waals surface area contributed by atoms with Gasteiger partial charge in [0.25, 0.3) is 0 Å². The molecule has 1 heterocycles. The number of thiazole rings is 1. The van der Waals surface area contributed by atoms with Crippen LogP contribution >= 0.6 is 22.9 Å². The van der Waals surface area contributed by atoms with Crippen molar-refractivity contribution in [2.75, 3.05) is 11.4 Å². The van der Waals surface area contributed by atoms with Crippen LogP contribution in [0.15, 0.2) is 0 Å². The molecule has 0 aromatic carbocycles. The summed E-state index contributed by atoms with van der Waals surface area (Å²) in [7, 11) is 0. The number of hydrogen-bond donors (Lipinski definition) is 1. The Bertz CT molecular complexity index is 482. The first-order valence-electron chi connectivity index (χ1n) is 5.43. The van der Waals surface area contributed by atoms with Gasteiger partial charge in [-0.3, -0.25) is 5.32 Å². The Morgan fingerprint density at radius 2 is 2.05 bits per heavy atom. The van der Waals surface area contributed by atoms with Gasteiger partial charge in [0, 0.05) is 4.88 Å². The number of halogens is 1. The number of aromatic nitrogens is 1. The SMILES string of the molecule is Cc1sc(C(=O)OCCl)nc1NC(=O)OC(C)(C)C. The molecule has 0 aliphatic heterocycles. The molecule has 106 valence electrons. The number of anilines is 1. The van der Waals surface area contributed by atoms with Gasteiger partial charge < -0.3 is 9.47 Å². The van der Waals surface area contributed by atoms with Gasteiger partial charge in [0.1, 0.15) is 11.4 Å². The molecule has 1 aromatic rings. The first kappa shape index (κ1) is 15.7. The molecule has 0 aliphatic carbocycles. The third kappa shape index (κ3) is 5.04. The smallest absolute Gasteiger partial charge is 0.413 e. The highest BCUT2D eigenvalue weighted by Crippen LogP contribution is 2.23. The Morgan fingerprint density at radius 3 is 2.58 bits per heavy atom. The second-order valence-corrected chi connectivity index (χ2v) is 6.01. The lowest BCUT2D eigenvalue weighted by molar-refractivity contribution is 0.0570. The molecular formula is C11H15ClN2O4S. The lowest BCUT2D eigenvalue weighted by atomic mass is 10.2. The van der Waals surface area contributed by atoms with Crippen LogP contribution in [0.2, 0.25) is 0 Å². The Balaban J connectivity index is 2.75. The summed E-state index contributed by atoms with van der Waals surface area (Å²) in [5.41, 5.74) is -0.603. The van der Waals surface area contributed by atoms with Crippen molar-refractivity contribution in [3.05, 3.63) is 9.88 Å². The van der Waals surface area contributed by atoms with E-state index < -0.39 is 17.7 Å². The zero-order chi connectivity index (χ0) is 14.6. The van der Waals surface area contributed by atoms with Crippen LogP contribution in [-0.4, -0.2) is 28.7 Å². The molecule has 0 atom stereocenters. The van der Waals surface area contributed by atoms with E-state index in [9.17, 15) is 9.59 Å². The molecule has 1 rings (SSSR count). The maximum Gasteiger partial charge on any atom is 0.413 e. The van der Waals surface area contributed by atoms with Crippen molar-refractivity contribution in [1.29, 1.82) is 0 Å². The highest BCUT2D eigenvalue weighted by molar-refractivity contribution is 7.14. The quantitative estimate of drug-likeness (QED) is 0.685. The Hall–Kier alpha value is -1.34. The number of ether oxygens (including phenoxy) is 2. The van der Waals surface area contributed by atoms with Crippen molar-refractivity contribution >= 4 is 40.8 Å². The van der Waals surface area contributed by atoms with E-state index in [1.165, 1.54) is 0 Å². The standard InChI is InChI=1S/C11H15ClN2O4S/c1-6-7(14-10(16)18-11(2,3)4)13-8(19-6)9(15)17-5-12/h5H2,1-4H3,(H,14,16). The molecule has 8 heteroatoms. The van der Waals surface area contributed by atoms with Gasteiger partial charge in [0.2, 0.25) is 5.01 Å². The molecule has 6 nitrogen and oxygen atoms in total. The fraction of sp³-hybridized carbons (Fsp3) is 0.545. The molecule has 0 unspecified atom stereocenters. The van der Waals surface area contributed by atoms with Gasteiger partial charge in [0.15, 0.2) is 6.07 Å². The molecule has 1 aromatic heterocycles. The maximum atomic E-state index is 11.6. The van der Waals surface area contributed by atoms with Gasteiger partial charge in [0.05, 0.1) is 0 Å². The van der Waals surface area contributed by atoms with Crippen molar-refractivity contribution < 1.29 is 19.1 Å². The molecule has 0 radical (unpaired) electrons. The third-order valence-corrected chi connectivity index (χ3v) is 2.84. The van der Waals surface area contributed by atoms with E-state index in [1.807, 2.05) is 0 Å². The highest BCUT2D eigenvalue weighted by atomic mass is 35.5. The maximum absolute atomic E-state index is 11.6. The predicted molar refractivity (Wildman–Crippen MR) is 72.8 cm³/mol. The molecule has 1 N–H and O–H groups in total. The van der Waals surface area contributed by atoms with Gasteiger partial charge in [-0.15, -0.1) is 11.3 Å². The zero-order valence-corrected chi connectivity index (χ0v) is 12.6. The number of carbonyl (C=O) groups is 2. The number of nitrogens with zero attached hydrogens (tertiary/aromatic N) is 1. The van der Waals surface area contributed by atoms with Crippen LogP contribution in [0, 0.1) is 6.92 Å². The van der Waals surface area contributed by atoms with E-state index >= 15 is 0 Å². The Morgan fingerprint density at radius 1 is 1.42 bits per heavy atom. The van der Waals surface area contributed by atoms with Crippen LogP contribution in [0.25, 0.3) is 0 Å². The minimum atomic E-state index is -0.627. The molecule has 0 bridgehead atoms. The van der Waals surface area contributed by atoms with E-state index in [1.54, 1.807) is 27.7 Å². The van der Waals surface area contributed by atoms with E-state index in [2.05, 4.69) is 15.0 Å². The second kappa shape index (κ2) is 6.21. The summed E-state index contributed by atoms with van der Waals surface area (Å²) in [6, 6.07) is -0.244. The number of nitrogens with one attached hydrogen (secondary N) is 1. The van der Waals surface area contributed by atoms with Crippen molar-refractivity contribution in [3.63, 3.8) is 0 Å². The van der Waals surface area contributed by atoms with Crippen LogP contribution in [0.5, 0.6) is 0 Å². The summed E-state index contributed by atoms with van der Waals surface area (Å²) in [5, 5.41) is 2.61. The zero-order valence-electron chi connectivity index (χ0n) is 11.1. The van der Waals surface area contributed by atoms with Crippen LogP contribution in [-0.2, 0) is 9.47 Å². The van der Waals surface area contributed by atoms with Crippen LogP contribution < -0.4 is 5.32 Å². The lowest BCUT2D eigenvalue weighted by Gasteiger charge is -2.19. The second-order valence-electron chi connectivity index (χ2n) is 4.59. The van der Waals surface area contributed by atoms with Crippen molar-refractivity contribution in [2.45, 2.75) is 33.3 Å². The number of alkyl halides is 1. The molecular weight excluding hydrogens is 292 g/mol. The minimum absolute atomic E-state index is 0.129. The van der Waals surface area contributed by atoms with Crippen molar-refractivity contribution in [3.8, 4) is 0 Å². The fourth-order valence-electron chi connectivity index (χ4n) is 1.11. The summed E-state index contributed by atoms with van der Waals surface area (Å²) < 4.78 is 9.70. The molecule has 0 fully saturated rings. The average Bonchev–Trinajstić information content (AvgIpc) is 2.58. The number of esters is 1. The summed E-state index contributed by atoms with van der Waals surface area (Å²) in [4.78, 5) is 27.6. The Labute approximate surface area is 120 Å². The van der Waals surface area contributed by atoms with Crippen molar-refractivity contribution in [2.24, 2.45) is 0 Å². The first-order chi connectivity index (χ1) is 8.73. The lowest BCUT2D eigenvalue weighted by Crippen LogP contribution is -2.27. The molecule has 0 saturated carbocycles. The van der Waals surface area contributed by atoms with E-state index in [0.717, 1.165) is 11.3 Å². The minimum Gasteiger partial charge on any atom is -0.444 e. The van der Waals surface area contributed by atoms with Gasteiger partial charge in [-0.2, -0.15) is 0 Å². The van der Waals surface area contributed by atoms with Crippen LogP contribution in [0.4, 0.5) is 10.6 Å². The predicted octanol–water partition coefficient (Wildman–Crippen LogP) is 3.15. The first-order valence-corrected chi connectivity index (χ1v) is 6.78. The number of carbonyl (C=O) groups excluding carboxylic acids is 2. The van der Waals surface area contributed by atoms with E-state index in [0.29, 0.717) is 4.88 Å². The van der Waals surface area contributed by atoms with E-state index in [-0.39, 0.29) is 16.9 Å². The Kier molecular flexibility index (Phi) is 5.13. The highest BCUT2D eigenvalue weighted by Gasteiger charge is 2.20. The van der Waals surface area contributed by atoms with Crippen LogP contribution in [0.3, 0.4) is 0 Å². The molecule has 0 aliphatic rings. The fourth-order valence-corrected chi connectivity index (χ4v) is 1.97. The monoisotopic (exact) mass is 306 g/mol. The number of rotatable bonds is 3. The molecule has 0 spiro atoms. The molecule has 1 amide bonds.